The highest BCUT2D eigenvalue weighted by molar-refractivity contribution is 5.87. The standard InChI is InChI=1S/C20H23N3O4/c1-21-20(25)27-19(24)18(26-17-5-3-2-4-6-17)15-9-13-23(14-10-15)16-7-11-22-12-8-16/h2-8,11-12,15,18H,9-10,13-14H2,1H3,(H,21,25). The van der Waals surface area contributed by atoms with E-state index in [4.69, 9.17) is 9.47 Å². The molecular weight excluding hydrogens is 346 g/mol. The zero-order valence-electron chi connectivity index (χ0n) is 15.2. The average Bonchev–Trinajstić information content (AvgIpc) is 2.73. The first-order chi connectivity index (χ1) is 13.2. The number of nitrogens with one attached hydrogen (secondary N) is 1. The summed E-state index contributed by atoms with van der Waals surface area (Å²) in [6.45, 7) is 1.58. The highest BCUT2D eigenvalue weighted by atomic mass is 16.6. The molecule has 1 aromatic heterocycles. The number of para-hydroxylation sites is 1. The number of rotatable bonds is 5. The molecule has 1 saturated heterocycles. The molecule has 27 heavy (non-hydrogen) atoms. The number of amides is 1. The van der Waals surface area contributed by atoms with Crippen molar-refractivity contribution in [1.29, 1.82) is 0 Å². The lowest BCUT2D eigenvalue weighted by Gasteiger charge is -2.36. The van der Waals surface area contributed by atoms with Crippen LogP contribution in [0.4, 0.5) is 10.5 Å². The smallest absolute Gasteiger partial charge is 0.414 e. The van der Waals surface area contributed by atoms with Gasteiger partial charge in [0.05, 0.1) is 0 Å². The Kier molecular flexibility index (Phi) is 6.25. The summed E-state index contributed by atoms with van der Waals surface area (Å²) in [7, 11) is 1.41. The summed E-state index contributed by atoms with van der Waals surface area (Å²) in [5.74, 6) is -0.131. The maximum atomic E-state index is 12.5. The number of nitrogens with zero attached hydrogens (tertiary/aromatic N) is 2. The Labute approximate surface area is 158 Å². The number of piperidine rings is 1. The van der Waals surface area contributed by atoms with Crippen LogP contribution in [0, 0.1) is 5.92 Å². The van der Waals surface area contributed by atoms with Crippen LogP contribution >= 0.6 is 0 Å². The second kappa shape index (κ2) is 9.02. The number of benzene rings is 1. The quantitative estimate of drug-likeness (QED) is 0.645. The summed E-state index contributed by atoms with van der Waals surface area (Å²) in [6, 6.07) is 13.1. The van der Waals surface area contributed by atoms with Gasteiger partial charge in [0.25, 0.3) is 0 Å². The molecule has 1 fully saturated rings. The molecule has 2 heterocycles. The Balaban J connectivity index is 1.69. The summed E-state index contributed by atoms with van der Waals surface area (Å²) in [4.78, 5) is 30.3. The van der Waals surface area contributed by atoms with Crippen molar-refractivity contribution in [3.05, 3.63) is 54.9 Å². The number of aromatic nitrogens is 1. The first-order valence-electron chi connectivity index (χ1n) is 8.97. The molecule has 1 atom stereocenters. The van der Waals surface area contributed by atoms with Gasteiger partial charge in [-0.05, 0) is 37.1 Å². The SMILES string of the molecule is CNC(=O)OC(=O)C(Oc1ccccc1)C1CCN(c2ccncc2)CC1. The third-order valence-corrected chi connectivity index (χ3v) is 4.63. The third kappa shape index (κ3) is 4.97. The number of hydrogen-bond acceptors (Lipinski definition) is 6. The summed E-state index contributed by atoms with van der Waals surface area (Å²) < 4.78 is 10.8. The lowest BCUT2D eigenvalue weighted by molar-refractivity contribution is -0.148. The number of alkyl carbamates (subject to hydrolysis) is 1. The van der Waals surface area contributed by atoms with Gasteiger partial charge >= 0.3 is 12.1 Å². The van der Waals surface area contributed by atoms with E-state index in [0.29, 0.717) is 5.75 Å². The lowest BCUT2D eigenvalue weighted by atomic mass is 9.90. The van der Waals surface area contributed by atoms with E-state index in [1.807, 2.05) is 30.3 Å². The summed E-state index contributed by atoms with van der Waals surface area (Å²) in [5, 5.41) is 2.29. The molecule has 0 radical (unpaired) electrons. The van der Waals surface area contributed by atoms with Gasteiger partial charge in [0.2, 0.25) is 0 Å². The van der Waals surface area contributed by atoms with Crippen LogP contribution < -0.4 is 15.0 Å². The zero-order valence-corrected chi connectivity index (χ0v) is 15.2. The molecule has 0 spiro atoms. The molecule has 3 rings (SSSR count). The highest BCUT2D eigenvalue weighted by Gasteiger charge is 2.35. The molecule has 0 aliphatic carbocycles. The number of esters is 1. The zero-order chi connectivity index (χ0) is 19.1. The molecule has 1 N–H and O–H groups in total. The molecule has 7 nitrogen and oxygen atoms in total. The average molecular weight is 369 g/mol. The fraction of sp³-hybridized carbons (Fsp3) is 0.350. The van der Waals surface area contributed by atoms with E-state index in [9.17, 15) is 9.59 Å². The van der Waals surface area contributed by atoms with Gasteiger partial charge in [0.15, 0.2) is 6.10 Å². The molecule has 1 amide bonds. The third-order valence-electron chi connectivity index (χ3n) is 4.63. The maximum Gasteiger partial charge on any atom is 0.414 e. The van der Waals surface area contributed by atoms with E-state index < -0.39 is 18.2 Å². The number of pyridine rings is 1. The Bertz CT molecular complexity index is 746. The summed E-state index contributed by atoms with van der Waals surface area (Å²) >= 11 is 0. The highest BCUT2D eigenvalue weighted by Crippen LogP contribution is 2.28. The van der Waals surface area contributed by atoms with Crippen molar-refractivity contribution in [3.8, 4) is 5.75 Å². The van der Waals surface area contributed by atoms with Crippen molar-refractivity contribution >= 4 is 17.7 Å². The van der Waals surface area contributed by atoms with Crippen LogP contribution in [0.5, 0.6) is 5.75 Å². The van der Waals surface area contributed by atoms with Gasteiger partial charge in [0, 0.05) is 44.1 Å². The van der Waals surface area contributed by atoms with Crippen molar-refractivity contribution < 1.29 is 19.1 Å². The molecule has 1 aromatic carbocycles. The fourth-order valence-corrected chi connectivity index (χ4v) is 3.20. The van der Waals surface area contributed by atoms with Crippen molar-refractivity contribution in [1.82, 2.24) is 10.3 Å². The Hall–Kier alpha value is -3.09. The van der Waals surface area contributed by atoms with Gasteiger partial charge in [-0.2, -0.15) is 0 Å². The molecule has 0 bridgehead atoms. The number of anilines is 1. The molecule has 1 aliphatic heterocycles. The van der Waals surface area contributed by atoms with Crippen LogP contribution in [0.3, 0.4) is 0 Å². The largest absolute Gasteiger partial charge is 0.478 e. The van der Waals surface area contributed by atoms with Crippen molar-refractivity contribution in [3.63, 3.8) is 0 Å². The van der Waals surface area contributed by atoms with Crippen molar-refractivity contribution in [2.24, 2.45) is 5.92 Å². The van der Waals surface area contributed by atoms with Gasteiger partial charge in [-0.1, -0.05) is 18.2 Å². The fourth-order valence-electron chi connectivity index (χ4n) is 3.20. The van der Waals surface area contributed by atoms with Crippen LogP contribution in [0.15, 0.2) is 54.9 Å². The van der Waals surface area contributed by atoms with Crippen molar-refractivity contribution in [2.45, 2.75) is 18.9 Å². The maximum absolute atomic E-state index is 12.5. The molecule has 0 saturated carbocycles. The van der Waals surface area contributed by atoms with E-state index >= 15 is 0 Å². The Morgan fingerprint density at radius 3 is 2.41 bits per heavy atom. The van der Waals surface area contributed by atoms with Crippen LogP contribution in [0.25, 0.3) is 0 Å². The second-order valence-corrected chi connectivity index (χ2v) is 6.34. The Morgan fingerprint density at radius 2 is 1.78 bits per heavy atom. The van der Waals surface area contributed by atoms with Gasteiger partial charge in [0.1, 0.15) is 5.75 Å². The molecular formula is C20H23N3O4. The summed E-state index contributed by atoms with van der Waals surface area (Å²) in [5.41, 5.74) is 1.11. The monoisotopic (exact) mass is 369 g/mol. The van der Waals surface area contributed by atoms with E-state index in [1.54, 1.807) is 24.5 Å². The predicted molar refractivity (Wildman–Crippen MR) is 101 cm³/mol. The van der Waals surface area contributed by atoms with Gasteiger partial charge in [-0.25, -0.2) is 9.59 Å². The van der Waals surface area contributed by atoms with Gasteiger partial charge < -0.3 is 19.7 Å². The van der Waals surface area contributed by atoms with Gasteiger partial charge in [-0.15, -0.1) is 0 Å². The minimum absolute atomic E-state index is 0.0413. The molecule has 1 unspecified atom stereocenters. The van der Waals surface area contributed by atoms with Crippen molar-refractivity contribution in [2.75, 3.05) is 25.0 Å². The molecule has 7 heteroatoms. The van der Waals surface area contributed by atoms with E-state index in [1.165, 1.54) is 7.05 Å². The van der Waals surface area contributed by atoms with Gasteiger partial charge in [-0.3, -0.25) is 4.98 Å². The number of ether oxygens (including phenoxy) is 2. The normalized spacial score (nSPS) is 15.7. The second-order valence-electron chi connectivity index (χ2n) is 6.34. The Morgan fingerprint density at radius 1 is 1.11 bits per heavy atom. The molecule has 1 aliphatic rings. The predicted octanol–water partition coefficient (Wildman–Crippen LogP) is 2.63. The lowest BCUT2D eigenvalue weighted by Crippen LogP contribution is -2.45. The van der Waals surface area contributed by atoms with E-state index in [0.717, 1.165) is 31.6 Å². The summed E-state index contributed by atoms with van der Waals surface area (Å²) in [6.07, 6.45) is 3.43. The number of carbonyl (C=O) groups is 2. The molecule has 2 aromatic rings. The van der Waals surface area contributed by atoms with E-state index in [-0.39, 0.29) is 5.92 Å². The minimum Gasteiger partial charge on any atom is -0.478 e. The topological polar surface area (TPSA) is 80.8 Å². The van der Waals surface area contributed by atoms with Crippen LogP contribution in [0.1, 0.15) is 12.8 Å². The van der Waals surface area contributed by atoms with Crippen LogP contribution in [-0.2, 0) is 9.53 Å². The first kappa shape index (κ1) is 18.7. The van der Waals surface area contributed by atoms with Crippen LogP contribution in [0.2, 0.25) is 0 Å². The number of carbonyl (C=O) groups excluding carboxylic acids is 2. The first-order valence-corrected chi connectivity index (χ1v) is 8.97. The minimum atomic E-state index is -0.829. The number of hydrogen-bond donors (Lipinski definition) is 1. The van der Waals surface area contributed by atoms with E-state index in [2.05, 4.69) is 15.2 Å². The van der Waals surface area contributed by atoms with Crippen LogP contribution in [-0.4, -0.2) is 43.3 Å². The molecule has 142 valence electrons.